The monoisotopic (exact) mass is 375 g/mol. The molecule has 0 atom stereocenters. The van der Waals surface area contributed by atoms with Crippen molar-refractivity contribution in [2.75, 3.05) is 18.5 Å². The van der Waals surface area contributed by atoms with Crippen molar-refractivity contribution in [1.82, 2.24) is 29.9 Å². The Hall–Kier alpha value is -2.76. The summed E-state index contributed by atoms with van der Waals surface area (Å²) in [6, 6.07) is 1.30. The predicted octanol–water partition coefficient (Wildman–Crippen LogP) is 1.11. The second kappa shape index (κ2) is 7.47. The van der Waals surface area contributed by atoms with Gasteiger partial charge in [0.1, 0.15) is 19.2 Å². The van der Waals surface area contributed by atoms with Gasteiger partial charge in [-0.3, -0.25) is 5.10 Å². The first-order valence-electron chi connectivity index (χ1n) is 8.42. The second-order valence-electron chi connectivity index (χ2n) is 6.17. The number of aromatic nitrogens is 6. The molecule has 1 fully saturated rings. The van der Waals surface area contributed by atoms with Crippen LogP contribution in [-0.2, 0) is 11.3 Å². The number of hydrogen-bond acceptors (Lipinski definition) is 7. The summed E-state index contributed by atoms with van der Waals surface area (Å²) >= 11 is 0. The van der Waals surface area contributed by atoms with E-state index in [4.69, 9.17) is 12.6 Å². The van der Waals surface area contributed by atoms with Crippen LogP contribution in [-0.4, -0.2) is 57.6 Å². The molecule has 27 heavy (non-hydrogen) atoms. The van der Waals surface area contributed by atoms with Crippen molar-refractivity contribution in [3.05, 3.63) is 12.3 Å². The van der Waals surface area contributed by atoms with Crippen LogP contribution >= 0.6 is 0 Å². The molecule has 12 heteroatoms. The smallest absolute Gasteiger partial charge is 0.388 e. The van der Waals surface area contributed by atoms with Gasteiger partial charge in [-0.1, -0.05) is 0 Å². The van der Waals surface area contributed by atoms with Crippen molar-refractivity contribution in [3.8, 4) is 5.88 Å². The standard InChI is InChI=1S/C15H16BF2N7O2/c16-13-12-14(25(24-13)7-8-1-3-26-4-2-8)21-10(6-19-12)20-9-5-11(23-22-9)27-15(17)18/h5-6,8,15H,1-4,7H2,(H2,20,21,22,23). The van der Waals surface area contributed by atoms with Gasteiger partial charge in [0.2, 0.25) is 5.88 Å². The highest BCUT2D eigenvalue weighted by Gasteiger charge is 2.18. The van der Waals surface area contributed by atoms with Gasteiger partial charge in [-0.25, -0.2) is 14.6 Å². The molecular formula is C15H16BF2N7O2. The molecule has 4 rings (SSSR count). The zero-order chi connectivity index (χ0) is 18.8. The minimum absolute atomic E-state index is 0.227. The molecule has 9 nitrogen and oxygen atoms in total. The molecule has 0 amide bonds. The molecule has 2 radical (unpaired) electrons. The van der Waals surface area contributed by atoms with Gasteiger partial charge < -0.3 is 14.8 Å². The Bertz CT molecular complexity index is 926. The summed E-state index contributed by atoms with van der Waals surface area (Å²) in [6.45, 7) is -0.799. The van der Waals surface area contributed by atoms with Gasteiger partial charge in [-0.15, -0.1) is 5.10 Å². The fraction of sp³-hybridized carbons (Fsp3) is 0.467. The maximum atomic E-state index is 12.2. The van der Waals surface area contributed by atoms with Gasteiger partial charge >= 0.3 is 6.61 Å². The average molecular weight is 375 g/mol. The van der Waals surface area contributed by atoms with E-state index in [0.717, 1.165) is 26.1 Å². The van der Waals surface area contributed by atoms with Crippen molar-refractivity contribution >= 4 is 36.2 Å². The van der Waals surface area contributed by atoms with Crippen molar-refractivity contribution in [1.29, 1.82) is 0 Å². The van der Waals surface area contributed by atoms with Crippen LogP contribution in [0, 0.1) is 5.92 Å². The molecule has 0 saturated carbocycles. The largest absolute Gasteiger partial charge is 0.415 e. The van der Waals surface area contributed by atoms with Crippen LogP contribution in [0.5, 0.6) is 5.88 Å². The lowest BCUT2D eigenvalue weighted by atomic mass is 10.0. The Morgan fingerprint density at radius 3 is 3.00 bits per heavy atom. The van der Waals surface area contributed by atoms with Crippen LogP contribution < -0.4 is 15.6 Å². The Balaban J connectivity index is 1.55. The van der Waals surface area contributed by atoms with Gasteiger partial charge in [0.25, 0.3) is 0 Å². The van der Waals surface area contributed by atoms with E-state index < -0.39 is 6.61 Å². The van der Waals surface area contributed by atoms with Crippen molar-refractivity contribution in [3.63, 3.8) is 0 Å². The predicted molar refractivity (Wildman–Crippen MR) is 92.8 cm³/mol. The molecule has 0 bridgehead atoms. The fourth-order valence-electron chi connectivity index (χ4n) is 2.98. The third-order valence-electron chi connectivity index (χ3n) is 4.27. The molecule has 1 saturated heterocycles. The van der Waals surface area contributed by atoms with E-state index in [9.17, 15) is 8.78 Å². The van der Waals surface area contributed by atoms with Crippen LogP contribution in [0.2, 0.25) is 0 Å². The van der Waals surface area contributed by atoms with E-state index in [2.05, 4.69) is 35.3 Å². The number of H-pyrrole nitrogens is 1. The summed E-state index contributed by atoms with van der Waals surface area (Å²) in [5, 5.41) is 13.4. The fourth-order valence-corrected chi connectivity index (χ4v) is 2.98. The van der Waals surface area contributed by atoms with Gasteiger partial charge in [0.05, 0.1) is 6.20 Å². The molecule has 1 aliphatic heterocycles. The summed E-state index contributed by atoms with van der Waals surface area (Å²) in [4.78, 5) is 8.81. The van der Waals surface area contributed by atoms with Crippen molar-refractivity contribution < 1.29 is 18.3 Å². The Morgan fingerprint density at radius 2 is 2.22 bits per heavy atom. The lowest BCUT2D eigenvalue weighted by Crippen LogP contribution is -2.21. The number of fused-ring (bicyclic) bond motifs is 1. The zero-order valence-electron chi connectivity index (χ0n) is 14.2. The summed E-state index contributed by atoms with van der Waals surface area (Å²) in [5.41, 5.74) is 1.37. The molecule has 0 aromatic carbocycles. The van der Waals surface area contributed by atoms with E-state index in [1.54, 1.807) is 4.68 Å². The molecule has 0 spiro atoms. The van der Waals surface area contributed by atoms with Gasteiger partial charge in [0, 0.05) is 31.4 Å². The highest BCUT2D eigenvalue weighted by molar-refractivity contribution is 6.36. The third kappa shape index (κ3) is 4.00. The quantitative estimate of drug-likeness (QED) is 0.623. The first-order valence-corrected chi connectivity index (χ1v) is 8.42. The number of ether oxygens (including phenoxy) is 2. The Kier molecular flexibility index (Phi) is 4.88. The molecular weight excluding hydrogens is 359 g/mol. The van der Waals surface area contributed by atoms with E-state index in [-0.39, 0.29) is 5.88 Å². The Labute approximate surface area is 153 Å². The second-order valence-corrected chi connectivity index (χ2v) is 6.17. The third-order valence-corrected chi connectivity index (χ3v) is 4.27. The molecule has 1 aliphatic rings. The highest BCUT2D eigenvalue weighted by atomic mass is 19.3. The van der Waals surface area contributed by atoms with E-state index in [1.165, 1.54) is 12.3 Å². The van der Waals surface area contributed by atoms with Crippen LogP contribution in [0.25, 0.3) is 11.2 Å². The zero-order valence-corrected chi connectivity index (χ0v) is 14.2. The maximum Gasteiger partial charge on any atom is 0.388 e. The van der Waals surface area contributed by atoms with Crippen LogP contribution in [0.1, 0.15) is 12.8 Å². The number of rotatable bonds is 6. The number of nitrogens with zero attached hydrogens (tertiary/aromatic N) is 5. The number of nitrogens with one attached hydrogen (secondary N) is 2. The van der Waals surface area contributed by atoms with E-state index in [1.807, 2.05) is 0 Å². The first-order chi connectivity index (χ1) is 13.1. The number of anilines is 2. The molecule has 140 valence electrons. The lowest BCUT2D eigenvalue weighted by molar-refractivity contribution is -0.0528. The number of aromatic amines is 1. The number of hydrogen-bond donors (Lipinski definition) is 2. The average Bonchev–Trinajstić information content (AvgIpc) is 3.20. The van der Waals surface area contributed by atoms with Gasteiger partial charge in [-0.05, 0) is 18.8 Å². The maximum absolute atomic E-state index is 12.2. The lowest BCUT2D eigenvalue weighted by Gasteiger charge is -2.21. The minimum Gasteiger partial charge on any atom is -0.415 e. The van der Waals surface area contributed by atoms with E-state index >= 15 is 0 Å². The molecule has 4 heterocycles. The molecule has 2 N–H and O–H groups in total. The summed E-state index contributed by atoms with van der Waals surface area (Å²) in [6.07, 6.45) is 3.38. The van der Waals surface area contributed by atoms with Crippen molar-refractivity contribution in [2.24, 2.45) is 5.92 Å². The molecule has 0 aliphatic carbocycles. The first kappa shape index (κ1) is 17.6. The van der Waals surface area contributed by atoms with Crippen LogP contribution in [0.4, 0.5) is 20.4 Å². The number of halogens is 2. The molecule has 0 unspecified atom stereocenters. The Morgan fingerprint density at radius 1 is 1.41 bits per heavy atom. The van der Waals surface area contributed by atoms with Crippen LogP contribution in [0.15, 0.2) is 12.3 Å². The summed E-state index contributed by atoms with van der Waals surface area (Å²) in [5.74, 6) is 0.933. The van der Waals surface area contributed by atoms with Gasteiger partial charge in [-0.2, -0.15) is 13.9 Å². The normalized spacial score (nSPS) is 15.5. The molecule has 3 aromatic rings. The molecule has 3 aromatic heterocycles. The topological polar surface area (TPSA) is 103 Å². The van der Waals surface area contributed by atoms with E-state index in [0.29, 0.717) is 40.9 Å². The number of alkyl halides is 2. The SMILES string of the molecule is [B]c1nn(CC2CCOCC2)c2nc(Nc3cc(OC(F)F)n[nH]3)cnc12. The minimum atomic E-state index is -2.94. The highest BCUT2D eigenvalue weighted by Crippen LogP contribution is 2.21. The summed E-state index contributed by atoms with van der Waals surface area (Å²) < 4.78 is 35.8. The van der Waals surface area contributed by atoms with Crippen LogP contribution in [0.3, 0.4) is 0 Å². The van der Waals surface area contributed by atoms with Crippen molar-refractivity contribution in [2.45, 2.75) is 26.0 Å². The van der Waals surface area contributed by atoms with Gasteiger partial charge in [0.15, 0.2) is 11.5 Å². The summed E-state index contributed by atoms with van der Waals surface area (Å²) in [7, 11) is 5.95.